The summed E-state index contributed by atoms with van der Waals surface area (Å²) >= 11 is 3.45. The van der Waals surface area contributed by atoms with Gasteiger partial charge in [-0.25, -0.2) is 0 Å². The zero-order valence-corrected chi connectivity index (χ0v) is 7.53. The van der Waals surface area contributed by atoms with Crippen LogP contribution >= 0.6 is 15.9 Å². The Morgan fingerprint density at radius 1 is 1.67 bits per heavy atom. The van der Waals surface area contributed by atoms with Gasteiger partial charge in [0.25, 0.3) is 0 Å². The van der Waals surface area contributed by atoms with E-state index in [1.165, 1.54) is 0 Å². The fourth-order valence-corrected chi connectivity index (χ4v) is 2.32. The molecule has 0 bridgehead atoms. The average Bonchev–Trinajstić information content (AvgIpc) is 2.22. The summed E-state index contributed by atoms with van der Waals surface area (Å²) in [4.78, 5) is 11.3. The van der Waals surface area contributed by atoms with Crippen LogP contribution in [0.5, 0.6) is 0 Å². The zero-order chi connectivity index (χ0) is 7.23. The summed E-state index contributed by atoms with van der Waals surface area (Å²) in [7, 11) is 0. The van der Waals surface area contributed by atoms with E-state index in [0.717, 1.165) is 0 Å². The molecule has 3 atom stereocenters. The minimum absolute atomic E-state index is 0.0556. The molecule has 2 heteroatoms. The Kier molecular flexibility index (Phi) is 1.46. The Morgan fingerprint density at radius 3 is 2.00 bits per heavy atom. The maximum Gasteiger partial charge on any atom is 0.137 e. The lowest BCUT2D eigenvalue weighted by molar-refractivity contribution is -0.121. The SMILES string of the molecule is CC(=O)C1(C)C(C)C1Br. The summed E-state index contributed by atoms with van der Waals surface area (Å²) < 4.78 is 0. The predicted octanol–water partition coefficient (Wildman–Crippen LogP) is 1.99. The highest BCUT2D eigenvalue weighted by molar-refractivity contribution is 9.09. The van der Waals surface area contributed by atoms with Gasteiger partial charge in [-0.3, -0.25) is 4.79 Å². The van der Waals surface area contributed by atoms with Crippen molar-refractivity contribution in [3.63, 3.8) is 0 Å². The van der Waals surface area contributed by atoms with Crippen molar-refractivity contribution in [2.45, 2.75) is 25.6 Å². The molecule has 52 valence electrons. The molecule has 3 unspecified atom stereocenters. The van der Waals surface area contributed by atoms with Gasteiger partial charge >= 0.3 is 0 Å². The van der Waals surface area contributed by atoms with Crippen LogP contribution in [0, 0.1) is 11.3 Å². The molecule has 1 nitrogen and oxygen atoms in total. The molecule has 1 aliphatic rings. The van der Waals surface area contributed by atoms with Gasteiger partial charge in [-0.05, 0) is 12.8 Å². The summed E-state index contributed by atoms with van der Waals surface area (Å²) in [5, 5.41) is 0. The van der Waals surface area contributed by atoms with Crippen LogP contribution in [0.4, 0.5) is 0 Å². The van der Waals surface area contributed by atoms with Crippen molar-refractivity contribution < 1.29 is 4.79 Å². The quantitative estimate of drug-likeness (QED) is 0.579. The van der Waals surface area contributed by atoms with Crippen LogP contribution < -0.4 is 0 Å². The van der Waals surface area contributed by atoms with E-state index < -0.39 is 0 Å². The molecule has 1 saturated carbocycles. The van der Waals surface area contributed by atoms with Crippen molar-refractivity contribution in [2.24, 2.45) is 11.3 Å². The Hall–Kier alpha value is 0.150. The van der Waals surface area contributed by atoms with Crippen LogP contribution in [0.15, 0.2) is 0 Å². The van der Waals surface area contributed by atoms with Crippen LogP contribution in [0.25, 0.3) is 0 Å². The molecule has 0 saturated heterocycles. The summed E-state index contributed by atoms with van der Waals surface area (Å²) in [6, 6.07) is 0. The van der Waals surface area contributed by atoms with Crippen LogP contribution in [0.1, 0.15) is 20.8 Å². The van der Waals surface area contributed by atoms with Gasteiger partial charge in [-0.1, -0.05) is 29.8 Å². The van der Waals surface area contributed by atoms with Crippen LogP contribution in [0.3, 0.4) is 0 Å². The number of Topliss-reactive ketones (excluding diaryl/α,β-unsaturated/α-hetero) is 1. The van der Waals surface area contributed by atoms with E-state index in [1.54, 1.807) is 6.92 Å². The standard InChI is InChI=1S/C7H11BrO/c1-4-6(8)7(4,3)5(2)9/h4,6H,1-3H3. The lowest BCUT2D eigenvalue weighted by atomic mass is 10.0. The Bertz CT molecular complexity index is 145. The van der Waals surface area contributed by atoms with Crippen molar-refractivity contribution in [2.75, 3.05) is 0 Å². The van der Waals surface area contributed by atoms with E-state index in [1.807, 2.05) is 6.92 Å². The molecule has 0 N–H and O–H groups in total. The van der Waals surface area contributed by atoms with Crippen LogP contribution in [-0.4, -0.2) is 10.6 Å². The molecule has 0 heterocycles. The number of hydrogen-bond donors (Lipinski definition) is 0. The van der Waals surface area contributed by atoms with Gasteiger partial charge in [-0.2, -0.15) is 0 Å². The molecule has 1 fully saturated rings. The first-order valence-electron chi connectivity index (χ1n) is 3.16. The number of carbonyl (C=O) groups is 1. The van der Waals surface area contributed by atoms with E-state index in [-0.39, 0.29) is 5.41 Å². The number of carbonyl (C=O) groups excluding carboxylic acids is 1. The largest absolute Gasteiger partial charge is 0.299 e. The second-order valence-corrected chi connectivity index (χ2v) is 4.02. The smallest absolute Gasteiger partial charge is 0.137 e. The molecule has 0 amide bonds. The molecule has 0 aromatic heterocycles. The normalized spacial score (nSPS) is 48.9. The van der Waals surface area contributed by atoms with Crippen molar-refractivity contribution >= 4 is 21.7 Å². The van der Waals surface area contributed by atoms with Gasteiger partial charge in [0, 0.05) is 10.2 Å². The highest BCUT2D eigenvalue weighted by Crippen LogP contribution is 2.57. The molecular weight excluding hydrogens is 180 g/mol. The third-order valence-corrected chi connectivity index (χ3v) is 4.35. The number of alkyl halides is 1. The minimum atomic E-state index is -0.0556. The summed E-state index contributed by atoms with van der Waals surface area (Å²) in [5.74, 6) is 0.826. The Morgan fingerprint density at radius 2 is 2.00 bits per heavy atom. The van der Waals surface area contributed by atoms with E-state index >= 15 is 0 Å². The van der Waals surface area contributed by atoms with Crippen molar-refractivity contribution in [1.29, 1.82) is 0 Å². The van der Waals surface area contributed by atoms with Crippen molar-refractivity contribution in [3.8, 4) is 0 Å². The fourth-order valence-electron chi connectivity index (χ4n) is 1.18. The monoisotopic (exact) mass is 190 g/mol. The van der Waals surface area contributed by atoms with Crippen LogP contribution in [0.2, 0.25) is 0 Å². The van der Waals surface area contributed by atoms with Crippen LogP contribution in [-0.2, 0) is 4.79 Å². The minimum Gasteiger partial charge on any atom is -0.299 e. The van der Waals surface area contributed by atoms with Crippen molar-refractivity contribution in [3.05, 3.63) is 0 Å². The fraction of sp³-hybridized carbons (Fsp3) is 0.857. The molecule has 0 spiro atoms. The highest BCUT2D eigenvalue weighted by atomic mass is 79.9. The van der Waals surface area contributed by atoms with Gasteiger partial charge in [0.1, 0.15) is 5.78 Å². The third-order valence-electron chi connectivity index (χ3n) is 2.61. The number of rotatable bonds is 1. The third kappa shape index (κ3) is 0.759. The predicted molar refractivity (Wildman–Crippen MR) is 40.7 cm³/mol. The first-order valence-corrected chi connectivity index (χ1v) is 4.08. The summed E-state index contributed by atoms with van der Waals surface area (Å²) in [6.45, 7) is 5.78. The Balaban J connectivity index is 2.71. The van der Waals surface area contributed by atoms with E-state index in [0.29, 0.717) is 16.5 Å². The first kappa shape index (κ1) is 7.26. The maximum absolute atomic E-state index is 10.9. The summed E-state index contributed by atoms with van der Waals surface area (Å²) in [6.07, 6.45) is 0. The first-order chi connectivity index (χ1) is 4.01. The number of hydrogen-bond acceptors (Lipinski definition) is 1. The molecular formula is C7H11BrO. The zero-order valence-electron chi connectivity index (χ0n) is 5.94. The molecule has 1 rings (SSSR count). The van der Waals surface area contributed by atoms with E-state index in [4.69, 9.17) is 0 Å². The molecule has 0 aliphatic heterocycles. The molecule has 1 aliphatic carbocycles. The lowest BCUT2D eigenvalue weighted by Crippen LogP contribution is -2.10. The Labute approximate surface area is 64.0 Å². The van der Waals surface area contributed by atoms with E-state index in [2.05, 4.69) is 22.9 Å². The van der Waals surface area contributed by atoms with Gasteiger partial charge in [0.05, 0.1) is 0 Å². The second kappa shape index (κ2) is 1.82. The molecule has 0 radical (unpaired) electrons. The van der Waals surface area contributed by atoms with E-state index in [9.17, 15) is 4.79 Å². The number of ketones is 1. The maximum atomic E-state index is 10.9. The molecule has 9 heavy (non-hydrogen) atoms. The summed E-state index contributed by atoms with van der Waals surface area (Å²) in [5.41, 5.74) is -0.0556. The second-order valence-electron chi connectivity index (χ2n) is 3.03. The molecule has 0 aromatic carbocycles. The molecule has 0 aromatic rings. The van der Waals surface area contributed by atoms with Gasteiger partial charge in [0.15, 0.2) is 0 Å². The lowest BCUT2D eigenvalue weighted by Gasteiger charge is -2.01. The topological polar surface area (TPSA) is 17.1 Å². The van der Waals surface area contributed by atoms with Crippen molar-refractivity contribution in [1.82, 2.24) is 0 Å². The number of halogens is 1. The van der Waals surface area contributed by atoms with Gasteiger partial charge < -0.3 is 0 Å². The van der Waals surface area contributed by atoms with Gasteiger partial charge in [-0.15, -0.1) is 0 Å². The van der Waals surface area contributed by atoms with Gasteiger partial charge in [0.2, 0.25) is 0 Å². The average molecular weight is 191 g/mol. The highest BCUT2D eigenvalue weighted by Gasteiger charge is 2.60.